The summed E-state index contributed by atoms with van der Waals surface area (Å²) < 4.78 is 7.78. The molecule has 0 amide bonds. The molecule has 4 aromatic rings. The minimum absolute atomic E-state index is 0.0368. The van der Waals surface area contributed by atoms with Crippen molar-refractivity contribution in [3.63, 3.8) is 0 Å². The summed E-state index contributed by atoms with van der Waals surface area (Å²) in [5.41, 5.74) is 0.989. The molecular weight excluding hydrogens is 452 g/mol. The number of nitrogens with zero attached hydrogens (tertiary/aromatic N) is 5. The number of aliphatic carboxylic acids is 1. The SMILES string of the molecule is Cc1ccc(Cn2c(=O)n(CCC(=O)O)c(=O)[nH]/c2=N\c2ccc(Oc3cccnn3)cc2)cc1. The second-order valence-corrected chi connectivity index (χ2v) is 7.67. The number of nitrogens with one attached hydrogen (secondary N) is 1. The Labute approximate surface area is 198 Å². The molecule has 0 fully saturated rings. The number of ether oxygens (including phenoxy) is 1. The molecule has 0 saturated heterocycles. The third-order valence-electron chi connectivity index (χ3n) is 5.03. The normalized spacial score (nSPS) is 11.4. The predicted octanol–water partition coefficient (Wildman–Crippen LogP) is 1.98. The minimum Gasteiger partial charge on any atom is -0.481 e. The lowest BCUT2D eigenvalue weighted by molar-refractivity contribution is -0.137. The molecule has 0 radical (unpaired) electrons. The van der Waals surface area contributed by atoms with E-state index in [9.17, 15) is 14.4 Å². The molecule has 0 bridgehead atoms. The maximum Gasteiger partial charge on any atom is 0.335 e. The highest BCUT2D eigenvalue weighted by Crippen LogP contribution is 2.21. The number of carbonyl (C=O) groups is 1. The molecule has 4 rings (SSSR count). The largest absolute Gasteiger partial charge is 0.481 e. The molecule has 0 aliphatic rings. The van der Waals surface area contributed by atoms with Crippen LogP contribution in [0, 0.1) is 6.92 Å². The Bertz CT molecular complexity index is 1500. The summed E-state index contributed by atoms with van der Waals surface area (Å²) in [7, 11) is 0. The molecule has 0 atom stereocenters. The van der Waals surface area contributed by atoms with Crippen molar-refractivity contribution in [2.24, 2.45) is 4.99 Å². The van der Waals surface area contributed by atoms with Gasteiger partial charge in [0, 0.05) is 18.8 Å². The van der Waals surface area contributed by atoms with Gasteiger partial charge in [-0.3, -0.25) is 14.3 Å². The highest BCUT2D eigenvalue weighted by atomic mass is 16.5. The first-order chi connectivity index (χ1) is 16.9. The maximum absolute atomic E-state index is 13.2. The van der Waals surface area contributed by atoms with E-state index in [0.29, 0.717) is 17.3 Å². The molecule has 35 heavy (non-hydrogen) atoms. The van der Waals surface area contributed by atoms with Crippen LogP contribution in [0.2, 0.25) is 0 Å². The summed E-state index contributed by atoms with van der Waals surface area (Å²) in [4.78, 5) is 43.8. The smallest absolute Gasteiger partial charge is 0.335 e. The van der Waals surface area contributed by atoms with Gasteiger partial charge in [0.2, 0.25) is 11.5 Å². The van der Waals surface area contributed by atoms with Crippen LogP contribution in [0.25, 0.3) is 0 Å². The molecule has 0 aliphatic heterocycles. The Hall–Kier alpha value is -4.80. The van der Waals surface area contributed by atoms with Gasteiger partial charge in [0.25, 0.3) is 0 Å². The Balaban J connectivity index is 1.73. The van der Waals surface area contributed by atoms with Crippen molar-refractivity contribution >= 4 is 11.7 Å². The van der Waals surface area contributed by atoms with Gasteiger partial charge in [-0.1, -0.05) is 29.8 Å². The van der Waals surface area contributed by atoms with Crippen LogP contribution in [-0.2, 0) is 17.9 Å². The van der Waals surface area contributed by atoms with Gasteiger partial charge >= 0.3 is 17.3 Å². The molecular formula is C24H22N6O5. The third-order valence-corrected chi connectivity index (χ3v) is 5.03. The van der Waals surface area contributed by atoms with E-state index in [1.165, 1.54) is 10.8 Å². The lowest BCUT2D eigenvalue weighted by atomic mass is 10.1. The first kappa shape index (κ1) is 23.4. The van der Waals surface area contributed by atoms with Crippen molar-refractivity contribution < 1.29 is 14.6 Å². The van der Waals surface area contributed by atoms with E-state index in [1.807, 2.05) is 31.2 Å². The lowest BCUT2D eigenvalue weighted by Gasteiger charge is -2.11. The highest BCUT2D eigenvalue weighted by molar-refractivity contribution is 5.66. The van der Waals surface area contributed by atoms with E-state index in [-0.39, 0.29) is 25.1 Å². The number of hydrogen-bond donors (Lipinski definition) is 2. The van der Waals surface area contributed by atoms with Crippen molar-refractivity contribution in [1.82, 2.24) is 24.3 Å². The van der Waals surface area contributed by atoms with Crippen LogP contribution in [0.5, 0.6) is 11.6 Å². The fourth-order valence-corrected chi connectivity index (χ4v) is 3.24. The Morgan fingerprint density at radius 1 is 1.06 bits per heavy atom. The molecule has 2 aromatic carbocycles. The van der Waals surface area contributed by atoms with Gasteiger partial charge in [0.05, 0.1) is 18.7 Å². The van der Waals surface area contributed by atoms with Crippen LogP contribution in [-0.4, -0.2) is 35.4 Å². The monoisotopic (exact) mass is 474 g/mol. The van der Waals surface area contributed by atoms with Crippen LogP contribution >= 0.6 is 0 Å². The first-order valence-corrected chi connectivity index (χ1v) is 10.7. The van der Waals surface area contributed by atoms with Crippen molar-refractivity contribution in [1.29, 1.82) is 0 Å². The summed E-state index contributed by atoms with van der Waals surface area (Å²) >= 11 is 0. The molecule has 0 saturated carbocycles. The Morgan fingerprint density at radius 2 is 1.80 bits per heavy atom. The zero-order chi connectivity index (χ0) is 24.8. The summed E-state index contributed by atoms with van der Waals surface area (Å²) in [5.74, 6) is -0.268. The molecule has 2 aromatic heterocycles. The molecule has 0 unspecified atom stereocenters. The lowest BCUT2D eigenvalue weighted by Crippen LogP contribution is -2.50. The molecule has 2 heterocycles. The number of carboxylic acids is 1. The van der Waals surface area contributed by atoms with E-state index in [1.54, 1.807) is 36.4 Å². The number of aromatic amines is 1. The highest BCUT2D eigenvalue weighted by Gasteiger charge is 2.11. The number of rotatable bonds is 8. The zero-order valence-corrected chi connectivity index (χ0v) is 18.8. The summed E-state index contributed by atoms with van der Waals surface area (Å²) in [6.07, 6.45) is 1.17. The van der Waals surface area contributed by atoms with Crippen LogP contribution in [0.4, 0.5) is 5.69 Å². The average molecular weight is 474 g/mol. The minimum atomic E-state index is -1.11. The van der Waals surface area contributed by atoms with E-state index in [2.05, 4.69) is 20.2 Å². The van der Waals surface area contributed by atoms with Crippen molar-refractivity contribution in [2.45, 2.75) is 26.4 Å². The maximum atomic E-state index is 13.2. The van der Waals surface area contributed by atoms with Gasteiger partial charge in [-0.2, -0.15) is 5.10 Å². The third kappa shape index (κ3) is 5.96. The van der Waals surface area contributed by atoms with Gasteiger partial charge in [-0.15, -0.1) is 5.10 Å². The summed E-state index contributed by atoms with van der Waals surface area (Å²) in [6.45, 7) is 1.83. The molecule has 178 valence electrons. The van der Waals surface area contributed by atoms with Crippen molar-refractivity contribution in [3.05, 3.63) is 105 Å². The zero-order valence-electron chi connectivity index (χ0n) is 18.8. The molecule has 0 spiro atoms. The van der Waals surface area contributed by atoms with Crippen LogP contribution in [0.15, 0.2) is 81.4 Å². The van der Waals surface area contributed by atoms with Crippen LogP contribution in [0.3, 0.4) is 0 Å². The van der Waals surface area contributed by atoms with E-state index in [4.69, 9.17) is 9.84 Å². The number of aryl methyl sites for hydroxylation is 1. The van der Waals surface area contributed by atoms with Gasteiger partial charge in [-0.05, 0) is 42.8 Å². The fraction of sp³-hybridized carbons (Fsp3) is 0.167. The quantitative estimate of drug-likeness (QED) is 0.397. The van der Waals surface area contributed by atoms with E-state index < -0.39 is 17.3 Å². The number of H-pyrrole nitrogens is 1. The number of benzene rings is 2. The van der Waals surface area contributed by atoms with Crippen LogP contribution < -0.4 is 21.7 Å². The number of carboxylic acid groups (broad SMARTS) is 1. The standard InChI is InChI=1S/C24H22N6O5/c1-16-4-6-17(7-5-16)15-30-22(27-23(33)29(24(30)34)14-12-21(31)32)26-18-8-10-19(11-9-18)35-20-3-2-13-25-28-20/h2-11,13H,12,14-15H2,1H3,(H,31,32)(H,26,27,33). The topological polar surface area (TPSA) is 144 Å². The second-order valence-electron chi connectivity index (χ2n) is 7.67. The van der Waals surface area contributed by atoms with Gasteiger partial charge in [-0.25, -0.2) is 19.1 Å². The van der Waals surface area contributed by atoms with E-state index in [0.717, 1.165) is 15.7 Å². The predicted molar refractivity (Wildman–Crippen MR) is 126 cm³/mol. The van der Waals surface area contributed by atoms with Crippen molar-refractivity contribution in [3.8, 4) is 11.6 Å². The van der Waals surface area contributed by atoms with Gasteiger partial charge < -0.3 is 9.84 Å². The van der Waals surface area contributed by atoms with Crippen molar-refractivity contribution in [2.75, 3.05) is 0 Å². The van der Waals surface area contributed by atoms with Crippen LogP contribution in [0.1, 0.15) is 17.5 Å². The van der Waals surface area contributed by atoms with Gasteiger partial charge in [0.15, 0.2) is 0 Å². The second kappa shape index (κ2) is 10.4. The molecule has 0 aliphatic carbocycles. The Kier molecular flexibility index (Phi) is 6.96. The Morgan fingerprint density at radius 3 is 2.46 bits per heavy atom. The summed E-state index contributed by atoms with van der Waals surface area (Å²) in [6, 6.07) is 17.6. The summed E-state index contributed by atoms with van der Waals surface area (Å²) in [5, 5.41) is 16.6. The van der Waals surface area contributed by atoms with E-state index >= 15 is 0 Å². The fourth-order valence-electron chi connectivity index (χ4n) is 3.24. The molecule has 11 nitrogen and oxygen atoms in total. The average Bonchev–Trinajstić information content (AvgIpc) is 2.84. The number of aromatic nitrogens is 5. The molecule has 11 heteroatoms. The number of hydrogen-bond acceptors (Lipinski definition) is 7. The molecule has 2 N–H and O–H groups in total. The van der Waals surface area contributed by atoms with Gasteiger partial charge in [0.1, 0.15) is 5.75 Å². The first-order valence-electron chi connectivity index (χ1n) is 10.7.